The van der Waals surface area contributed by atoms with Crippen LogP contribution >= 0.6 is 0 Å². The molecule has 11 heavy (non-hydrogen) atoms. The van der Waals surface area contributed by atoms with Gasteiger partial charge in [0.25, 0.3) is 0 Å². The van der Waals surface area contributed by atoms with Gasteiger partial charge in [0.05, 0.1) is 0 Å². The van der Waals surface area contributed by atoms with Gasteiger partial charge in [-0.05, 0) is 12.0 Å². The first-order chi connectivity index (χ1) is 4.98. The summed E-state index contributed by atoms with van der Waals surface area (Å²) in [6.45, 7) is -0.350. The van der Waals surface area contributed by atoms with Gasteiger partial charge in [0.1, 0.15) is 6.10 Å². The van der Waals surface area contributed by atoms with Gasteiger partial charge in [0.2, 0.25) is 0 Å². The van der Waals surface area contributed by atoms with Gasteiger partial charge < -0.3 is 5.11 Å². The average Bonchev–Trinajstić information content (AvgIpc) is 1.86. The molecule has 4 nitrogen and oxygen atoms in total. The quantitative estimate of drug-likeness (QED) is 0.389. The van der Waals surface area contributed by atoms with Gasteiger partial charge in [-0.2, -0.15) is 13.2 Å². The highest BCUT2D eigenvalue weighted by Gasteiger charge is 2.37. The summed E-state index contributed by atoms with van der Waals surface area (Å²) < 4.78 is 34.5. The molecule has 0 radical (unpaired) electrons. The maximum absolute atomic E-state index is 11.5. The number of aliphatic hydroxyl groups is 1. The molecule has 0 amide bonds. The Labute approximate surface area is 60.3 Å². The molecule has 0 aromatic carbocycles. The van der Waals surface area contributed by atoms with E-state index in [0.717, 1.165) is 0 Å². The lowest BCUT2D eigenvalue weighted by Gasteiger charge is -2.12. The molecule has 7 heteroatoms. The van der Waals surface area contributed by atoms with Crippen molar-refractivity contribution in [2.24, 2.45) is 5.11 Å². The molecule has 0 aliphatic heterocycles. The Balaban J connectivity index is 3.69. The van der Waals surface area contributed by atoms with E-state index >= 15 is 0 Å². The molecular formula is C4H6F3N3O. The number of halogens is 3. The molecular weight excluding hydrogens is 163 g/mol. The number of aliphatic hydroxyl groups excluding tert-OH is 1. The standard InChI is InChI=1S/C4H6F3N3O/c5-4(6,7)3(11)1-2-9-10-8/h3,11H,1-2H2. The molecule has 0 saturated carbocycles. The molecule has 0 rings (SSSR count). The number of hydrogen-bond acceptors (Lipinski definition) is 2. The third-order valence-corrected chi connectivity index (χ3v) is 0.944. The Hall–Kier alpha value is -0.940. The van der Waals surface area contributed by atoms with E-state index in [0.29, 0.717) is 0 Å². The smallest absolute Gasteiger partial charge is 0.384 e. The van der Waals surface area contributed by atoms with Gasteiger partial charge in [-0.1, -0.05) is 5.11 Å². The number of rotatable bonds is 3. The summed E-state index contributed by atoms with van der Waals surface area (Å²) in [5, 5.41) is 11.1. The Morgan fingerprint density at radius 2 is 2.09 bits per heavy atom. The first-order valence-electron chi connectivity index (χ1n) is 2.74. The van der Waals surface area contributed by atoms with Crippen molar-refractivity contribution in [2.75, 3.05) is 6.54 Å². The predicted molar refractivity (Wildman–Crippen MR) is 30.7 cm³/mol. The molecule has 0 bridgehead atoms. The molecule has 0 spiro atoms. The van der Waals surface area contributed by atoms with Crippen LogP contribution in [0.15, 0.2) is 5.11 Å². The number of hydrogen-bond donors (Lipinski definition) is 1. The van der Waals surface area contributed by atoms with Gasteiger partial charge >= 0.3 is 6.18 Å². The van der Waals surface area contributed by atoms with Crippen molar-refractivity contribution in [1.29, 1.82) is 0 Å². The van der Waals surface area contributed by atoms with Crippen LogP contribution in [0, 0.1) is 0 Å². The SMILES string of the molecule is [N-]=[N+]=NCCC(O)C(F)(F)F. The maximum Gasteiger partial charge on any atom is 0.414 e. The molecule has 1 unspecified atom stereocenters. The number of alkyl halides is 3. The zero-order valence-corrected chi connectivity index (χ0v) is 5.41. The molecule has 0 aliphatic rings. The molecule has 64 valence electrons. The van der Waals surface area contributed by atoms with Crippen LogP contribution in [0.25, 0.3) is 10.4 Å². The number of nitrogens with zero attached hydrogens (tertiary/aromatic N) is 3. The van der Waals surface area contributed by atoms with E-state index in [-0.39, 0.29) is 6.54 Å². The normalized spacial score (nSPS) is 13.8. The maximum atomic E-state index is 11.5. The van der Waals surface area contributed by atoms with Crippen molar-refractivity contribution >= 4 is 0 Å². The van der Waals surface area contributed by atoms with Crippen molar-refractivity contribution in [3.8, 4) is 0 Å². The lowest BCUT2D eigenvalue weighted by atomic mass is 10.2. The second-order valence-electron chi connectivity index (χ2n) is 1.80. The van der Waals surface area contributed by atoms with Crippen LogP contribution in [-0.2, 0) is 0 Å². The summed E-state index contributed by atoms with van der Waals surface area (Å²) in [7, 11) is 0. The molecule has 0 fully saturated rings. The Kier molecular flexibility index (Phi) is 3.70. The summed E-state index contributed by atoms with van der Waals surface area (Å²) in [6, 6.07) is 0. The van der Waals surface area contributed by atoms with Crippen LogP contribution in [0.5, 0.6) is 0 Å². The second kappa shape index (κ2) is 4.05. The van der Waals surface area contributed by atoms with Crippen LogP contribution in [0.4, 0.5) is 13.2 Å². The van der Waals surface area contributed by atoms with E-state index < -0.39 is 18.7 Å². The predicted octanol–water partition coefficient (Wildman–Crippen LogP) is 1.61. The van der Waals surface area contributed by atoms with Crippen molar-refractivity contribution in [1.82, 2.24) is 0 Å². The highest BCUT2D eigenvalue weighted by Crippen LogP contribution is 2.21. The van der Waals surface area contributed by atoms with Crippen molar-refractivity contribution in [3.05, 3.63) is 10.4 Å². The highest BCUT2D eigenvalue weighted by atomic mass is 19.4. The largest absolute Gasteiger partial charge is 0.414 e. The summed E-state index contributed by atoms with van der Waals surface area (Å²) in [6.07, 6.45) is -7.61. The van der Waals surface area contributed by atoms with Gasteiger partial charge in [0, 0.05) is 11.5 Å². The third-order valence-electron chi connectivity index (χ3n) is 0.944. The van der Waals surface area contributed by atoms with Crippen LogP contribution in [-0.4, -0.2) is 23.9 Å². The topological polar surface area (TPSA) is 69.0 Å². The van der Waals surface area contributed by atoms with E-state index in [4.69, 9.17) is 10.6 Å². The van der Waals surface area contributed by atoms with E-state index in [9.17, 15) is 13.2 Å². The average molecular weight is 169 g/mol. The second-order valence-corrected chi connectivity index (χ2v) is 1.80. The Morgan fingerprint density at radius 1 is 1.55 bits per heavy atom. The zero-order valence-electron chi connectivity index (χ0n) is 5.41. The first-order valence-corrected chi connectivity index (χ1v) is 2.74. The summed E-state index contributed by atoms with van der Waals surface area (Å²) in [5.41, 5.74) is 7.68. The highest BCUT2D eigenvalue weighted by molar-refractivity contribution is 4.66. The molecule has 0 aromatic heterocycles. The van der Waals surface area contributed by atoms with Crippen molar-refractivity contribution in [3.63, 3.8) is 0 Å². The minimum Gasteiger partial charge on any atom is -0.384 e. The van der Waals surface area contributed by atoms with E-state index in [2.05, 4.69) is 10.0 Å². The lowest BCUT2D eigenvalue weighted by Crippen LogP contribution is -2.28. The van der Waals surface area contributed by atoms with Crippen LogP contribution < -0.4 is 0 Å². The Morgan fingerprint density at radius 3 is 2.45 bits per heavy atom. The minimum atomic E-state index is -4.62. The fourth-order valence-corrected chi connectivity index (χ4v) is 0.388. The van der Waals surface area contributed by atoms with Gasteiger partial charge in [-0.15, -0.1) is 0 Å². The van der Waals surface area contributed by atoms with E-state index in [1.54, 1.807) is 0 Å². The lowest BCUT2D eigenvalue weighted by molar-refractivity contribution is -0.204. The summed E-state index contributed by atoms with van der Waals surface area (Å²) in [4.78, 5) is 2.24. The number of azide groups is 1. The molecule has 0 heterocycles. The molecule has 1 N–H and O–H groups in total. The third kappa shape index (κ3) is 4.46. The monoisotopic (exact) mass is 169 g/mol. The zero-order chi connectivity index (χ0) is 8.91. The fraction of sp³-hybridized carbons (Fsp3) is 1.00. The van der Waals surface area contributed by atoms with Gasteiger partial charge in [-0.25, -0.2) is 0 Å². The van der Waals surface area contributed by atoms with Gasteiger partial charge in [0.15, 0.2) is 0 Å². The van der Waals surface area contributed by atoms with Crippen LogP contribution in [0.1, 0.15) is 6.42 Å². The molecule has 0 aromatic rings. The van der Waals surface area contributed by atoms with Crippen molar-refractivity contribution in [2.45, 2.75) is 18.7 Å². The first kappa shape index (κ1) is 10.1. The van der Waals surface area contributed by atoms with Crippen molar-refractivity contribution < 1.29 is 18.3 Å². The Bertz CT molecular complexity index is 162. The minimum absolute atomic E-state index is 0.350. The summed E-state index contributed by atoms with van der Waals surface area (Å²) >= 11 is 0. The van der Waals surface area contributed by atoms with Gasteiger partial charge in [-0.3, -0.25) is 0 Å². The fourth-order valence-electron chi connectivity index (χ4n) is 0.388. The molecule has 1 atom stereocenters. The van der Waals surface area contributed by atoms with E-state index in [1.807, 2.05) is 0 Å². The summed E-state index contributed by atoms with van der Waals surface area (Å²) in [5.74, 6) is 0. The van der Waals surface area contributed by atoms with Crippen LogP contribution in [0.2, 0.25) is 0 Å². The van der Waals surface area contributed by atoms with E-state index in [1.165, 1.54) is 0 Å². The van der Waals surface area contributed by atoms with Crippen LogP contribution in [0.3, 0.4) is 0 Å². The molecule has 0 saturated heterocycles. The molecule has 0 aliphatic carbocycles.